The minimum absolute atomic E-state index is 0.0707. The number of hydrogen-bond acceptors (Lipinski definition) is 5. The summed E-state index contributed by atoms with van der Waals surface area (Å²) in [6, 6.07) is 6.11. The summed E-state index contributed by atoms with van der Waals surface area (Å²) in [7, 11) is 0. The molecule has 6 rings (SSSR count). The monoisotopic (exact) mass is 384 g/mol. The summed E-state index contributed by atoms with van der Waals surface area (Å²) in [5.74, 6) is 0.793. The summed E-state index contributed by atoms with van der Waals surface area (Å²) in [5.41, 5.74) is 1.42. The zero-order valence-corrected chi connectivity index (χ0v) is 16.3. The van der Waals surface area contributed by atoms with E-state index in [2.05, 4.69) is 14.6 Å². The molecule has 0 saturated carbocycles. The summed E-state index contributed by atoms with van der Waals surface area (Å²) >= 11 is 1.34. The largest absolute Gasteiger partial charge is 0.346 e. The second-order valence-electron chi connectivity index (χ2n) is 8.11. The highest BCUT2D eigenvalue weighted by Crippen LogP contribution is 2.32. The number of hydrogen-bond donors (Lipinski definition) is 1. The minimum Gasteiger partial charge on any atom is -0.346 e. The molecule has 0 radical (unpaired) electrons. The van der Waals surface area contributed by atoms with Gasteiger partial charge >= 0.3 is 0 Å². The number of aromatic nitrogens is 1. The van der Waals surface area contributed by atoms with E-state index in [0.29, 0.717) is 11.6 Å². The number of anilines is 1. The smallest absolute Gasteiger partial charge is 0.271 e. The van der Waals surface area contributed by atoms with Crippen LogP contribution in [0.2, 0.25) is 0 Å². The Labute approximate surface area is 162 Å². The molecule has 2 aromatic rings. The van der Waals surface area contributed by atoms with Gasteiger partial charge in [0.15, 0.2) is 0 Å². The summed E-state index contributed by atoms with van der Waals surface area (Å²) in [5, 5.41) is 4.10. The number of fused-ring (bicyclic) bond motifs is 4. The summed E-state index contributed by atoms with van der Waals surface area (Å²) < 4.78 is 5.39. The molecule has 4 fully saturated rings. The second-order valence-corrected chi connectivity index (χ2v) is 8.91. The van der Waals surface area contributed by atoms with Gasteiger partial charge in [0.25, 0.3) is 5.91 Å². The Morgan fingerprint density at radius 2 is 2.04 bits per heavy atom. The van der Waals surface area contributed by atoms with Crippen molar-refractivity contribution in [3.63, 3.8) is 0 Å². The van der Waals surface area contributed by atoms with Crippen LogP contribution in [0.3, 0.4) is 0 Å². The van der Waals surface area contributed by atoms with Crippen LogP contribution >= 0.6 is 11.5 Å². The molecule has 27 heavy (non-hydrogen) atoms. The average Bonchev–Trinajstić information content (AvgIpc) is 3.26. The maximum Gasteiger partial charge on any atom is 0.271 e. The molecule has 1 N–H and O–H groups in total. The van der Waals surface area contributed by atoms with Gasteiger partial charge in [0.1, 0.15) is 5.69 Å². The Kier molecular flexibility index (Phi) is 4.16. The second kappa shape index (κ2) is 6.56. The summed E-state index contributed by atoms with van der Waals surface area (Å²) in [4.78, 5) is 29.4. The third-order valence-corrected chi connectivity index (χ3v) is 7.24. The Bertz CT molecular complexity index is 903. The van der Waals surface area contributed by atoms with Gasteiger partial charge in [0, 0.05) is 36.1 Å². The van der Waals surface area contributed by atoms with Crippen LogP contribution in [0.1, 0.15) is 36.7 Å². The van der Waals surface area contributed by atoms with Gasteiger partial charge in [-0.25, -0.2) is 0 Å². The molecule has 2 bridgehead atoms. The lowest BCUT2D eigenvalue weighted by molar-refractivity contribution is -0.119. The predicted octanol–water partition coefficient (Wildman–Crippen LogP) is 2.49. The fourth-order valence-electron chi connectivity index (χ4n) is 4.70. The molecule has 6 nitrogen and oxygen atoms in total. The van der Waals surface area contributed by atoms with Crippen molar-refractivity contribution < 1.29 is 9.59 Å². The highest BCUT2D eigenvalue weighted by molar-refractivity contribution is 7.13. The van der Waals surface area contributed by atoms with Crippen LogP contribution < -0.4 is 10.2 Å². The van der Waals surface area contributed by atoms with Crippen molar-refractivity contribution in [2.75, 3.05) is 31.1 Å². The molecule has 7 heteroatoms. The quantitative estimate of drug-likeness (QED) is 0.883. The van der Waals surface area contributed by atoms with Gasteiger partial charge in [-0.2, -0.15) is 4.37 Å². The first-order chi connectivity index (χ1) is 13.1. The molecule has 1 aromatic carbocycles. The van der Waals surface area contributed by atoms with Crippen LogP contribution in [0.15, 0.2) is 18.2 Å². The van der Waals surface area contributed by atoms with E-state index in [-0.39, 0.29) is 23.8 Å². The van der Waals surface area contributed by atoms with Gasteiger partial charge < -0.3 is 15.1 Å². The molecule has 5 heterocycles. The molecule has 0 aliphatic carbocycles. The molecule has 1 aromatic heterocycles. The van der Waals surface area contributed by atoms with E-state index in [1.165, 1.54) is 24.4 Å². The number of amides is 2. The Balaban J connectivity index is 1.36. The first-order valence-electron chi connectivity index (χ1n) is 9.84. The van der Waals surface area contributed by atoms with Gasteiger partial charge in [-0.1, -0.05) is 6.92 Å². The highest BCUT2D eigenvalue weighted by atomic mass is 32.1. The van der Waals surface area contributed by atoms with Crippen molar-refractivity contribution in [2.24, 2.45) is 11.8 Å². The van der Waals surface area contributed by atoms with E-state index < -0.39 is 0 Å². The molecule has 4 aliphatic rings. The van der Waals surface area contributed by atoms with Crippen LogP contribution in [0.4, 0.5) is 5.69 Å². The average molecular weight is 385 g/mol. The molecule has 2 atom stereocenters. The molecule has 0 spiro atoms. The summed E-state index contributed by atoms with van der Waals surface area (Å²) in [6.07, 6.45) is 3.25. The van der Waals surface area contributed by atoms with Crippen molar-refractivity contribution in [3.05, 3.63) is 23.9 Å². The normalized spacial score (nSPS) is 30.3. The van der Waals surface area contributed by atoms with Gasteiger partial charge in [-0.05, 0) is 68.0 Å². The predicted molar refractivity (Wildman–Crippen MR) is 106 cm³/mol. The zero-order chi connectivity index (χ0) is 18.5. The van der Waals surface area contributed by atoms with Crippen LogP contribution in [0.25, 0.3) is 10.1 Å². The Morgan fingerprint density at radius 3 is 2.70 bits per heavy atom. The van der Waals surface area contributed by atoms with Gasteiger partial charge in [0.2, 0.25) is 5.91 Å². The maximum absolute atomic E-state index is 12.9. The first kappa shape index (κ1) is 17.1. The van der Waals surface area contributed by atoms with E-state index in [0.717, 1.165) is 48.4 Å². The van der Waals surface area contributed by atoms with Crippen LogP contribution in [-0.4, -0.2) is 53.3 Å². The third-order valence-electron chi connectivity index (χ3n) is 6.43. The van der Waals surface area contributed by atoms with Crippen LogP contribution in [0, 0.1) is 11.8 Å². The van der Waals surface area contributed by atoms with Crippen molar-refractivity contribution in [1.29, 1.82) is 0 Å². The fourth-order valence-corrected chi connectivity index (χ4v) is 5.51. The molecule has 2 amide bonds. The zero-order valence-electron chi connectivity index (χ0n) is 15.5. The first-order valence-corrected chi connectivity index (χ1v) is 10.6. The van der Waals surface area contributed by atoms with E-state index in [1.54, 1.807) is 0 Å². The van der Waals surface area contributed by atoms with Crippen molar-refractivity contribution in [2.45, 2.75) is 32.2 Å². The summed E-state index contributed by atoms with van der Waals surface area (Å²) in [6.45, 7) is 6.01. The topological polar surface area (TPSA) is 65.5 Å². The number of nitrogens with one attached hydrogen (secondary N) is 1. The lowest BCUT2D eigenvalue weighted by atomic mass is 9.84. The molecule has 1 unspecified atom stereocenters. The fraction of sp³-hybridized carbons (Fsp3) is 0.550. The number of benzene rings is 1. The Hall–Kier alpha value is -1.99. The number of carbonyl (C=O) groups is 2. The molecule has 142 valence electrons. The number of rotatable bonds is 3. The van der Waals surface area contributed by atoms with Crippen molar-refractivity contribution in [1.82, 2.24) is 14.6 Å². The third kappa shape index (κ3) is 2.93. The van der Waals surface area contributed by atoms with Crippen molar-refractivity contribution >= 4 is 39.1 Å². The standard InChI is InChI=1S/C20H24N4O2S/c1-12-4-9-24(20(12)26)14-2-3-15-17(10-14)27-22-18(15)19(25)21-16-11-23-7-5-13(16)6-8-23/h2-3,10,12-13,16H,4-9,11H2,1H3,(H,21,25)/t12?,16-/m1/s1. The van der Waals surface area contributed by atoms with Crippen LogP contribution in [0.5, 0.6) is 0 Å². The molecular formula is C20H24N4O2S. The number of piperidine rings is 3. The van der Waals surface area contributed by atoms with Gasteiger partial charge in [0.05, 0.1) is 4.70 Å². The van der Waals surface area contributed by atoms with E-state index >= 15 is 0 Å². The molecular weight excluding hydrogens is 360 g/mol. The maximum atomic E-state index is 12.9. The minimum atomic E-state index is -0.0707. The lowest BCUT2D eigenvalue weighted by Gasteiger charge is -2.44. The van der Waals surface area contributed by atoms with Gasteiger partial charge in [-0.3, -0.25) is 9.59 Å². The number of carbonyl (C=O) groups excluding carboxylic acids is 2. The molecule has 4 aliphatic heterocycles. The van der Waals surface area contributed by atoms with E-state index in [1.807, 2.05) is 30.0 Å². The lowest BCUT2D eigenvalue weighted by Crippen LogP contribution is -2.57. The van der Waals surface area contributed by atoms with Gasteiger partial charge in [-0.15, -0.1) is 0 Å². The molecule has 4 saturated heterocycles. The van der Waals surface area contributed by atoms with E-state index in [4.69, 9.17) is 0 Å². The van der Waals surface area contributed by atoms with Crippen LogP contribution in [-0.2, 0) is 4.79 Å². The number of nitrogens with zero attached hydrogens (tertiary/aromatic N) is 3. The highest BCUT2D eigenvalue weighted by Gasteiger charge is 2.35. The van der Waals surface area contributed by atoms with E-state index in [9.17, 15) is 9.59 Å². The SMILES string of the molecule is CC1CCN(c2ccc3c(C(=O)N[C@@H]4CN5CCC4CC5)nsc3c2)C1=O. The Morgan fingerprint density at radius 1 is 1.22 bits per heavy atom. The van der Waals surface area contributed by atoms with Crippen molar-refractivity contribution in [3.8, 4) is 0 Å².